The molecule has 0 radical (unpaired) electrons. The molecular weight excluding hydrogens is 220 g/mol. The van der Waals surface area contributed by atoms with Gasteiger partial charge in [-0.15, -0.1) is 0 Å². The third kappa shape index (κ3) is 5.17. The van der Waals surface area contributed by atoms with Crippen molar-refractivity contribution in [2.24, 2.45) is 5.92 Å². The van der Waals surface area contributed by atoms with Gasteiger partial charge in [-0.2, -0.15) is 0 Å². The molecule has 5 heteroatoms. The van der Waals surface area contributed by atoms with E-state index >= 15 is 0 Å². The summed E-state index contributed by atoms with van der Waals surface area (Å²) in [5.74, 6) is -1.19. The second-order valence-electron chi connectivity index (χ2n) is 4.75. The summed E-state index contributed by atoms with van der Waals surface area (Å²) in [6, 6.07) is -0.193. The Morgan fingerprint density at radius 2 is 2.06 bits per heavy atom. The quantitative estimate of drug-likeness (QED) is 0.586. The van der Waals surface area contributed by atoms with Crippen LogP contribution in [0.25, 0.3) is 0 Å². The Morgan fingerprint density at radius 3 is 2.53 bits per heavy atom. The summed E-state index contributed by atoms with van der Waals surface area (Å²) in [6.07, 6.45) is 3.45. The number of hydrogen-bond donors (Lipinski definition) is 3. The lowest BCUT2D eigenvalue weighted by Gasteiger charge is -2.20. The highest BCUT2D eigenvalue weighted by molar-refractivity contribution is 5.83. The predicted octanol–water partition coefficient (Wildman–Crippen LogP) is 0.744. The van der Waals surface area contributed by atoms with E-state index < -0.39 is 12.0 Å². The number of nitrogens with one attached hydrogen (secondary N) is 2. The van der Waals surface area contributed by atoms with Crippen molar-refractivity contribution in [2.75, 3.05) is 6.54 Å². The van der Waals surface area contributed by atoms with Crippen molar-refractivity contribution in [2.45, 2.75) is 51.6 Å². The summed E-state index contributed by atoms with van der Waals surface area (Å²) in [6.45, 7) is 4.38. The summed E-state index contributed by atoms with van der Waals surface area (Å²) in [7, 11) is 0. The van der Waals surface area contributed by atoms with Gasteiger partial charge in [-0.05, 0) is 18.8 Å². The van der Waals surface area contributed by atoms with Crippen LogP contribution in [0.1, 0.15) is 39.5 Å². The molecule has 0 heterocycles. The molecule has 0 aromatic rings. The molecule has 0 spiro atoms. The summed E-state index contributed by atoms with van der Waals surface area (Å²) >= 11 is 0. The Morgan fingerprint density at radius 1 is 1.41 bits per heavy atom. The average molecular weight is 242 g/mol. The topological polar surface area (TPSA) is 78.4 Å². The van der Waals surface area contributed by atoms with Crippen molar-refractivity contribution in [3.05, 3.63) is 0 Å². The number of rotatable bonds is 8. The first-order valence-corrected chi connectivity index (χ1v) is 6.30. The van der Waals surface area contributed by atoms with Gasteiger partial charge in [0.2, 0.25) is 5.91 Å². The van der Waals surface area contributed by atoms with E-state index in [0.717, 1.165) is 6.42 Å². The van der Waals surface area contributed by atoms with Crippen LogP contribution in [0.3, 0.4) is 0 Å². The lowest BCUT2D eigenvalue weighted by molar-refractivity contribution is -0.143. The molecule has 0 aromatic carbocycles. The molecular formula is C12H22N2O3. The molecule has 1 aliphatic rings. The fourth-order valence-electron chi connectivity index (χ4n) is 1.61. The summed E-state index contributed by atoms with van der Waals surface area (Å²) < 4.78 is 0. The first-order chi connectivity index (χ1) is 8.04. The third-order valence-electron chi connectivity index (χ3n) is 3.16. The fourth-order valence-corrected chi connectivity index (χ4v) is 1.61. The van der Waals surface area contributed by atoms with Crippen LogP contribution >= 0.6 is 0 Å². The van der Waals surface area contributed by atoms with Crippen LogP contribution in [-0.2, 0) is 9.59 Å². The first kappa shape index (κ1) is 14.0. The van der Waals surface area contributed by atoms with Crippen molar-refractivity contribution >= 4 is 11.9 Å². The maximum absolute atomic E-state index is 11.6. The molecule has 0 aromatic heterocycles. The van der Waals surface area contributed by atoms with E-state index in [9.17, 15) is 9.59 Å². The van der Waals surface area contributed by atoms with Gasteiger partial charge in [0.15, 0.2) is 0 Å². The summed E-state index contributed by atoms with van der Waals surface area (Å²) in [5, 5.41) is 14.8. The van der Waals surface area contributed by atoms with Gasteiger partial charge in [0.25, 0.3) is 0 Å². The van der Waals surface area contributed by atoms with Gasteiger partial charge in [0.05, 0.1) is 0 Å². The Hall–Kier alpha value is -1.10. The molecule has 1 amide bonds. The van der Waals surface area contributed by atoms with Crippen LogP contribution in [0.2, 0.25) is 0 Å². The molecule has 1 rings (SSSR count). The normalized spacial score (nSPS) is 18.5. The van der Waals surface area contributed by atoms with Gasteiger partial charge in [0.1, 0.15) is 6.04 Å². The smallest absolute Gasteiger partial charge is 0.326 e. The van der Waals surface area contributed by atoms with Crippen molar-refractivity contribution in [3.63, 3.8) is 0 Å². The van der Waals surface area contributed by atoms with E-state index in [1.165, 1.54) is 12.8 Å². The van der Waals surface area contributed by atoms with Crippen LogP contribution in [0.15, 0.2) is 0 Å². The minimum Gasteiger partial charge on any atom is -0.480 e. The number of carboxylic acid groups (broad SMARTS) is 1. The first-order valence-electron chi connectivity index (χ1n) is 6.30. The highest BCUT2D eigenvalue weighted by Gasteiger charge is 2.25. The van der Waals surface area contributed by atoms with E-state index in [4.69, 9.17) is 5.11 Å². The second-order valence-corrected chi connectivity index (χ2v) is 4.75. The Balaban J connectivity index is 2.26. The predicted molar refractivity (Wildman–Crippen MR) is 64.7 cm³/mol. The molecule has 17 heavy (non-hydrogen) atoms. The number of carbonyl (C=O) groups is 2. The van der Waals surface area contributed by atoms with Crippen molar-refractivity contribution in [1.29, 1.82) is 0 Å². The van der Waals surface area contributed by atoms with Gasteiger partial charge >= 0.3 is 5.97 Å². The standard InChI is InChI=1S/C12H22N2O3/c1-3-8(2)11(12(16)17)14-10(15)6-7-13-9-4-5-9/h8-9,11,13H,3-7H2,1-2H3,(H,14,15)(H,16,17)/t8?,11-/m0/s1. The van der Waals surface area contributed by atoms with Gasteiger partial charge in [-0.3, -0.25) is 4.79 Å². The van der Waals surface area contributed by atoms with Crippen LogP contribution in [0, 0.1) is 5.92 Å². The maximum Gasteiger partial charge on any atom is 0.326 e. The SMILES string of the molecule is CCC(C)[C@H](NC(=O)CCNC1CC1)C(=O)O. The van der Waals surface area contributed by atoms with Crippen LogP contribution in [-0.4, -0.2) is 35.6 Å². The fraction of sp³-hybridized carbons (Fsp3) is 0.833. The van der Waals surface area contributed by atoms with Crippen molar-refractivity contribution < 1.29 is 14.7 Å². The highest BCUT2D eigenvalue weighted by atomic mass is 16.4. The lowest BCUT2D eigenvalue weighted by atomic mass is 9.99. The Labute approximate surface area is 102 Å². The summed E-state index contributed by atoms with van der Waals surface area (Å²) in [5.41, 5.74) is 0. The molecule has 1 unspecified atom stereocenters. The molecule has 5 nitrogen and oxygen atoms in total. The van der Waals surface area contributed by atoms with E-state index in [0.29, 0.717) is 19.0 Å². The number of carboxylic acids is 1. The second kappa shape index (κ2) is 6.59. The molecule has 0 aliphatic heterocycles. The van der Waals surface area contributed by atoms with E-state index in [1.807, 2.05) is 13.8 Å². The summed E-state index contributed by atoms with van der Waals surface area (Å²) in [4.78, 5) is 22.6. The largest absolute Gasteiger partial charge is 0.480 e. The maximum atomic E-state index is 11.6. The van der Waals surface area contributed by atoms with E-state index in [2.05, 4.69) is 10.6 Å². The van der Waals surface area contributed by atoms with Gasteiger partial charge < -0.3 is 15.7 Å². The van der Waals surface area contributed by atoms with Gasteiger partial charge in [0, 0.05) is 19.0 Å². The zero-order chi connectivity index (χ0) is 12.8. The third-order valence-corrected chi connectivity index (χ3v) is 3.16. The Kier molecular flexibility index (Phi) is 5.41. The number of carbonyl (C=O) groups excluding carboxylic acids is 1. The number of amides is 1. The molecule has 98 valence electrons. The molecule has 1 aliphatic carbocycles. The van der Waals surface area contributed by atoms with Crippen LogP contribution in [0.4, 0.5) is 0 Å². The molecule has 3 N–H and O–H groups in total. The minimum atomic E-state index is -0.956. The molecule has 1 saturated carbocycles. The number of hydrogen-bond acceptors (Lipinski definition) is 3. The molecule has 0 saturated heterocycles. The highest BCUT2D eigenvalue weighted by Crippen LogP contribution is 2.18. The van der Waals surface area contributed by atoms with Crippen molar-refractivity contribution in [3.8, 4) is 0 Å². The van der Waals surface area contributed by atoms with Crippen molar-refractivity contribution in [1.82, 2.24) is 10.6 Å². The molecule has 2 atom stereocenters. The zero-order valence-electron chi connectivity index (χ0n) is 10.5. The Bertz CT molecular complexity index is 277. The molecule has 0 bridgehead atoms. The van der Waals surface area contributed by atoms with Crippen LogP contribution < -0.4 is 10.6 Å². The van der Waals surface area contributed by atoms with Gasteiger partial charge in [-0.25, -0.2) is 4.79 Å². The van der Waals surface area contributed by atoms with Crippen LogP contribution in [0.5, 0.6) is 0 Å². The average Bonchev–Trinajstić information content (AvgIpc) is 3.08. The van der Waals surface area contributed by atoms with E-state index in [-0.39, 0.29) is 11.8 Å². The number of aliphatic carboxylic acids is 1. The van der Waals surface area contributed by atoms with Gasteiger partial charge in [-0.1, -0.05) is 20.3 Å². The lowest BCUT2D eigenvalue weighted by Crippen LogP contribution is -2.45. The van der Waals surface area contributed by atoms with E-state index in [1.54, 1.807) is 0 Å². The zero-order valence-corrected chi connectivity index (χ0v) is 10.5. The monoisotopic (exact) mass is 242 g/mol. The minimum absolute atomic E-state index is 0.0483. The molecule has 1 fully saturated rings.